The van der Waals surface area contributed by atoms with Gasteiger partial charge in [0.1, 0.15) is 0 Å². The summed E-state index contributed by atoms with van der Waals surface area (Å²) in [4.78, 5) is 2.41. The van der Waals surface area contributed by atoms with Crippen molar-refractivity contribution in [3.05, 3.63) is 0 Å². The van der Waals surface area contributed by atoms with Crippen LogP contribution in [0.5, 0.6) is 0 Å². The van der Waals surface area contributed by atoms with Crippen LogP contribution in [0.25, 0.3) is 0 Å². The normalized spacial score (nSPS) is 27.5. The van der Waals surface area contributed by atoms with Gasteiger partial charge in [-0.3, -0.25) is 4.90 Å². The Balaban J connectivity index is 2.24. The molecule has 1 aliphatic heterocycles. The topological polar surface area (TPSA) is 38.5 Å². The van der Waals surface area contributed by atoms with Crippen molar-refractivity contribution in [3.8, 4) is 0 Å². The molecule has 0 bridgehead atoms. The molecule has 0 radical (unpaired) electrons. The molecule has 3 heteroatoms. The Morgan fingerprint density at radius 1 is 1.62 bits per heavy atom. The summed E-state index contributed by atoms with van der Waals surface area (Å²) < 4.78 is 5.61. The summed E-state index contributed by atoms with van der Waals surface area (Å²) >= 11 is 0. The van der Waals surface area contributed by atoms with Crippen molar-refractivity contribution in [3.63, 3.8) is 0 Å². The zero-order valence-corrected chi connectivity index (χ0v) is 8.83. The van der Waals surface area contributed by atoms with Crippen molar-refractivity contribution in [2.75, 3.05) is 26.2 Å². The third-order valence-corrected chi connectivity index (χ3v) is 2.41. The van der Waals surface area contributed by atoms with Crippen LogP contribution < -0.4 is 5.73 Å². The molecular formula is C10H22N2O. The van der Waals surface area contributed by atoms with Crippen molar-refractivity contribution < 1.29 is 4.74 Å². The molecular weight excluding hydrogens is 164 g/mol. The van der Waals surface area contributed by atoms with Gasteiger partial charge < -0.3 is 10.5 Å². The van der Waals surface area contributed by atoms with Crippen LogP contribution in [0.4, 0.5) is 0 Å². The Kier molecular flexibility index (Phi) is 4.70. The highest BCUT2D eigenvalue weighted by atomic mass is 16.5. The summed E-state index contributed by atoms with van der Waals surface area (Å²) in [7, 11) is 0. The number of piperidine rings is 1. The highest BCUT2D eigenvalue weighted by molar-refractivity contribution is 4.75. The Hall–Kier alpha value is -0.120. The van der Waals surface area contributed by atoms with Gasteiger partial charge in [0, 0.05) is 25.7 Å². The Bertz CT molecular complexity index is 137. The van der Waals surface area contributed by atoms with Gasteiger partial charge in [-0.25, -0.2) is 0 Å². The van der Waals surface area contributed by atoms with Crippen molar-refractivity contribution >= 4 is 0 Å². The van der Waals surface area contributed by atoms with Gasteiger partial charge >= 0.3 is 0 Å². The molecule has 0 aromatic carbocycles. The van der Waals surface area contributed by atoms with Crippen molar-refractivity contribution in [1.82, 2.24) is 4.90 Å². The van der Waals surface area contributed by atoms with E-state index < -0.39 is 0 Å². The lowest BCUT2D eigenvalue weighted by Crippen LogP contribution is -2.44. The fourth-order valence-corrected chi connectivity index (χ4v) is 1.96. The summed E-state index contributed by atoms with van der Waals surface area (Å²) in [6.45, 7) is 8.20. The fraction of sp³-hybridized carbons (Fsp3) is 1.00. The van der Waals surface area contributed by atoms with E-state index in [1.54, 1.807) is 0 Å². The van der Waals surface area contributed by atoms with E-state index in [0.29, 0.717) is 6.10 Å². The van der Waals surface area contributed by atoms with Gasteiger partial charge in [0.05, 0.1) is 6.10 Å². The summed E-state index contributed by atoms with van der Waals surface area (Å²) in [6.07, 6.45) is 2.90. The fourth-order valence-electron chi connectivity index (χ4n) is 1.96. The molecule has 2 atom stereocenters. The van der Waals surface area contributed by atoms with E-state index in [9.17, 15) is 0 Å². The summed E-state index contributed by atoms with van der Waals surface area (Å²) in [5, 5.41) is 0. The monoisotopic (exact) mass is 186 g/mol. The van der Waals surface area contributed by atoms with E-state index >= 15 is 0 Å². The predicted molar refractivity (Wildman–Crippen MR) is 54.7 cm³/mol. The van der Waals surface area contributed by atoms with Crippen LogP contribution in [-0.4, -0.2) is 43.3 Å². The zero-order chi connectivity index (χ0) is 9.68. The Morgan fingerprint density at radius 2 is 2.38 bits per heavy atom. The second-order valence-corrected chi connectivity index (χ2v) is 3.96. The molecule has 1 aliphatic rings. The van der Waals surface area contributed by atoms with Crippen LogP contribution in [-0.2, 0) is 4.74 Å². The lowest BCUT2D eigenvalue weighted by Gasteiger charge is -2.33. The number of hydrogen-bond donors (Lipinski definition) is 1. The van der Waals surface area contributed by atoms with Gasteiger partial charge in [-0.2, -0.15) is 0 Å². The van der Waals surface area contributed by atoms with Crippen LogP contribution in [0.1, 0.15) is 26.7 Å². The number of nitrogens with zero attached hydrogens (tertiary/aromatic N) is 1. The van der Waals surface area contributed by atoms with E-state index in [1.165, 1.54) is 19.4 Å². The van der Waals surface area contributed by atoms with Crippen molar-refractivity contribution in [1.29, 1.82) is 0 Å². The van der Waals surface area contributed by atoms with Crippen LogP contribution >= 0.6 is 0 Å². The minimum absolute atomic E-state index is 0.278. The molecule has 0 aromatic heterocycles. The molecule has 3 nitrogen and oxygen atoms in total. The second kappa shape index (κ2) is 5.58. The van der Waals surface area contributed by atoms with E-state index in [2.05, 4.69) is 18.7 Å². The molecule has 0 aromatic rings. The standard InChI is InChI=1S/C10H22N2O/c1-3-13-10-5-4-6-12(8-10)7-9(2)11/h9-10H,3-8,11H2,1-2H3/t9-,10?/m1/s1. The summed E-state index contributed by atoms with van der Waals surface area (Å²) in [5.74, 6) is 0. The third kappa shape index (κ3) is 4.07. The van der Waals surface area contributed by atoms with Gasteiger partial charge in [-0.15, -0.1) is 0 Å². The first-order valence-electron chi connectivity index (χ1n) is 5.32. The second-order valence-electron chi connectivity index (χ2n) is 3.96. The maximum atomic E-state index is 5.76. The van der Waals surface area contributed by atoms with Gasteiger partial charge in [0.2, 0.25) is 0 Å². The van der Waals surface area contributed by atoms with Crippen LogP contribution in [0.3, 0.4) is 0 Å². The number of hydrogen-bond acceptors (Lipinski definition) is 3. The molecule has 1 heterocycles. The minimum Gasteiger partial charge on any atom is -0.377 e. The molecule has 1 saturated heterocycles. The third-order valence-electron chi connectivity index (χ3n) is 2.41. The van der Waals surface area contributed by atoms with E-state index in [0.717, 1.165) is 19.7 Å². The lowest BCUT2D eigenvalue weighted by atomic mass is 10.1. The molecule has 78 valence electrons. The molecule has 0 amide bonds. The summed E-state index contributed by atoms with van der Waals surface area (Å²) in [6, 6.07) is 0.278. The molecule has 0 aliphatic carbocycles. The maximum Gasteiger partial charge on any atom is 0.0702 e. The first kappa shape index (κ1) is 11.0. The molecule has 1 fully saturated rings. The molecule has 2 N–H and O–H groups in total. The first-order chi connectivity index (χ1) is 6.22. The lowest BCUT2D eigenvalue weighted by molar-refractivity contribution is 0.00497. The highest BCUT2D eigenvalue weighted by Crippen LogP contribution is 2.12. The van der Waals surface area contributed by atoms with Crippen LogP contribution in [0, 0.1) is 0 Å². The largest absolute Gasteiger partial charge is 0.377 e. The van der Waals surface area contributed by atoms with Gasteiger partial charge in [0.25, 0.3) is 0 Å². The summed E-state index contributed by atoms with van der Waals surface area (Å²) in [5.41, 5.74) is 5.76. The minimum atomic E-state index is 0.278. The average molecular weight is 186 g/mol. The zero-order valence-electron chi connectivity index (χ0n) is 8.83. The van der Waals surface area contributed by atoms with Crippen LogP contribution in [0.2, 0.25) is 0 Å². The van der Waals surface area contributed by atoms with Gasteiger partial charge in [-0.05, 0) is 33.2 Å². The highest BCUT2D eigenvalue weighted by Gasteiger charge is 2.20. The Morgan fingerprint density at radius 3 is 3.00 bits per heavy atom. The van der Waals surface area contributed by atoms with E-state index in [4.69, 9.17) is 10.5 Å². The van der Waals surface area contributed by atoms with E-state index in [-0.39, 0.29) is 6.04 Å². The number of rotatable bonds is 4. The van der Waals surface area contributed by atoms with E-state index in [1.807, 2.05) is 0 Å². The quantitative estimate of drug-likeness (QED) is 0.707. The maximum absolute atomic E-state index is 5.76. The van der Waals surface area contributed by atoms with Crippen LogP contribution in [0.15, 0.2) is 0 Å². The van der Waals surface area contributed by atoms with Crippen molar-refractivity contribution in [2.45, 2.75) is 38.8 Å². The molecule has 13 heavy (non-hydrogen) atoms. The number of ether oxygens (including phenoxy) is 1. The SMILES string of the molecule is CCOC1CCCN(C[C@@H](C)N)C1. The van der Waals surface area contributed by atoms with Crippen molar-refractivity contribution in [2.24, 2.45) is 5.73 Å². The predicted octanol–water partition coefficient (Wildman–Crippen LogP) is 0.834. The molecule has 1 unspecified atom stereocenters. The molecule has 1 rings (SSSR count). The average Bonchev–Trinajstić information content (AvgIpc) is 2.04. The first-order valence-corrected chi connectivity index (χ1v) is 5.32. The van der Waals surface area contributed by atoms with Gasteiger partial charge in [-0.1, -0.05) is 0 Å². The number of nitrogens with two attached hydrogens (primary N) is 1. The van der Waals surface area contributed by atoms with Gasteiger partial charge in [0.15, 0.2) is 0 Å². The Labute approximate surface area is 81.2 Å². The molecule has 0 spiro atoms. The smallest absolute Gasteiger partial charge is 0.0702 e. The number of likely N-dealkylation sites (tertiary alicyclic amines) is 1. The molecule has 0 saturated carbocycles.